The van der Waals surface area contributed by atoms with Crippen molar-refractivity contribution < 1.29 is 19.1 Å². The molecule has 0 aliphatic carbocycles. The highest BCUT2D eigenvalue weighted by atomic mass is 16.5. The maximum Gasteiger partial charge on any atom is 0.307 e. The van der Waals surface area contributed by atoms with Gasteiger partial charge in [0, 0.05) is 13.2 Å². The van der Waals surface area contributed by atoms with Gasteiger partial charge < -0.3 is 14.8 Å². The number of esters is 1. The molecule has 1 unspecified atom stereocenters. The maximum atomic E-state index is 11.3. The zero-order valence-electron chi connectivity index (χ0n) is 11.0. The van der Waals surface area contributed by atoms with Crippen LogP contribution in [0, 0.1) is 0 Å². The lowest BCUT2D eigenvalue weighted by Gasteiger charge is -2.14. The number of hydrogen-bond acceptors (Lipinski definition) is 5. The molecule has 0 radical (unpaired) electrons. The van der Waals surface area contributed by atoms with Crippen molar-refractivity contribution in [2.45, 2.75) is 39.7 Å². The molecule has 0 bridgehead atoms. The van der Waals surface area contributed by atoms with Gasteiger partial charge in [-0.2, -0.15) is 0 Å². The third kappa shape index (κ3) is 8.83. The van der Waals surface area contributed by atoms with Crippen LogP contribution in [-0.2, 0) is 19.1 Å². The Bertz CT molecular complexity index is 231. The first-order chi connectivity index (χ1) is 8.11. The number of rotatable bonds is 10. The maximum absolute atomic E-state index is 11.3. The molecule has 0 aliphatic rings. The van der Waals surface area contributed by atoms with Crippen LogP contribution in [0.25, 0.3) is 0 Å². The van der Waals surface area contributed by atoms with Gasteiger partial charge in [-0.3, -0.25) is 9.59 Å². The van der Waals surface area contributed by atoms with E-state index in [-0.39, 0.29) is 18.2 Å². The lowest BCUT2D eigenvalue weighted by molar-refractivity contribution is -0.145. The van der Waals surface area contributed by atoms with Crippen LogP contribution >= 0.6 is 0 Å². The van der Waals surface area contributed by atoms with Gasteiger partial charge in [0.05, 0.1) is 19.1 Å². The Balaban J connectivity index is 3.83. The Morgan fingerprint density at radius 3 is 2.47 bits per heavy atom. The van der Waals surface area contributed by atoms with Crippen LogP contribution in [0.3, 0.4) is 0 Å². The molecule has 100 valence electrons. The van der Waals surface area contributed by atoms with Crippen molar-refractivity contribution in [3.8, 4) is 0 Å². The molecule has 5 nitrogen and oxygen atoms in total. The highest BCUT2D eigenvalue weighted by Crippen LogP contribution is 1.97. The van der Waals surface area contributed by atoms with E-state index in [1.54, 1.807) is 6.92 Å². The summed E-state index contributed by atoms with van der Waals surface area (Å²) in [6, 6.07) is -0.448. The normalized spacial score (nSPS) is 12.2. The molecule has 0 aromatic heterocycles. The number of nitrogens with one attached hydrogen (secondary N) is 1. The van der Waals surface area contributed by atoms with Gasteiger partial charge in [-0.25, -0.2) is 0 Å². The standard InChI is InChI=1S/C12H23NO4/c1-4-16-8-6-7-13-11(10(3)14)9-12(15)17-5-2/h11,13H,4-9H2,1-3H3. The number of Topliss-reactive ketones (excluding diaryl/α,β-unsaturated/α-hetero) is 1. The Kier molecular flexibility index (Phi) is 9.66. The molecule has 0 aromatic rings. The monoisotopic (exact) mass is 245 g/mol. The number of carbonyl (C=O) groups is 2. The largest absolute Gasteiger partial charge is 0.466 e. The lowest BCUT2D eigenvalue weighted by Crippen LogP contribution is -2.38. The summed E-state index contributed by atoms with van der Waals surface area (Å²) in [4.78, 5) is 22.6. The highest BCUT2D eigenvalue weighted by molar-refractivity contribution is 5.86. The van der Waals surface area contributed by atoms with Gasteiger partial charge in [-0.15, -0.1) is 0 Å². The molecular formula is C12H23NO4. The average Bonchev–Trinajstić information content (AvgIpc) is 2.27. The van der Waals surface area contributed by atoms with Crippen LogP contribution in [0.1, 0.15) is 33.6 Å². The number of hydrogen-bond donors (Lipinski definition) is 1. The van der Waals surface area contributed by atoms with E-state index in [1.807, 2.05) is 6.92 Å². The second kappa shape index (κ2) is 10.2. The van der Waals surface area contributed by atoms with Gasteiger partial charge in [-0.05, 0) is 33.7 Å². The van der Waals surface area contributed by atoms with Crippen molar-refractivity contribution in [2.75, 3.05) is 26.4 Å². The Morgan fingerprint density at radius 1 is 1.24 bits per heavy atom. The molecule has 17 heavy (non-hydrogen) atoms. The molecule has 0 aliphatic heterocycles. The topological polar surface area (TPSA) is 64.6 Å². The zero-order chi connectivity index (χ0) is 13.1. The summed E-state index contributed by atoms with van der Waals surface area (Å²) in [5, 5.41) is 3.04. The van der Waals surface area contributed by atoms with Crippen LogP contribution in [0.4, 0.5) is 0 Å². The lowest BCUT2D eigenvalue weighted by atomic mass is 10.1. The van der Waals surface area contributed by atoms with E-state index in [0.29, 0.717) is 26.4 Å². The first-order valence-electron chi connectivity index (χ1n) is 6.09. The summed E-state index contributed by atoms with van der Waals surface area (Å²) in [5.74, 6) is -0.389. The quantitative estimate of drug-likeness (QED) is 0.458. The summed E-state index contributed by atoms with van der Waals surface area (Å²) < 4.78 is 9.99. The van der Waals surface area contributed by atoms with Crippen molar-refractivity contribution in [2.24, 2.45) is 0 Å². The van der Waals surface area contributed by atoms with Gasteiger partial charge in [0.1, 0.15) is 5.78 Å². The van der Waals surface area contributed by atoms with Gasteiger partial charge in [0.2, 0.25) is 0 Å². The fraction of sp³-hybridized carbons (Fsp3) is 0.833. The molecule has 0 heterocycles. The Hall–Kier alpha value is -0.940. The summed E-state index contributed by atoms with van der Waals surface area (Å²) in [6.07, 6.45) is 0.915. The summed E-state index contributed by atoms with van der Waals surface area (Å²) in [5.41, 5.74) is 0. The molecule has 0 rings (SSSR count). The molecule has 1 atom stereocenters. The van der Waals surface area contributed by atoms with Crippen molar-refractivity contribution >= 4 is 11.8 Å². The average molecular weight is 245 g/mol. The van der Waals surface area contributed by atoms with Crippen molar-refractivity contribution in [1.82, 2.24) is 5.32 Å². The van der Waals surface area contributed by atoms with E-state index in [2.05, 4.69) is 5.32 Å². The molecule has 0 fully saturated rings. The van der Waals surface area contributed by atoms with Crippen LogP contribution in [0.5, 0.6) is 0 Å². The minimum atomic E-state index is -0.448. The minimum absolute atomic E-state index is 0.0468. The van der Waals surface area contributed by atoms with E-state index in [0.717, 1.165) is 6.42 Å². The van der Waals surface area contributed by atoms with Crippen LogP contribution < -0.4 is 5.32 Å². The minimum Gasteiger partial charge on any atom is -0.466 e. The first-order valence-corrected chi connectivity index (χ1v) is 6.09. The van der Waals surface area contributed by atoms with Crippen LogP contribution in [0.15, 0.2) is 0 Å². The fourth-order valence-corrected chi connectivity index (χ4v) is 1.34. The second-order valence-electron chi connectivity index (χ2n) is 3.68. The Morgan fingerprint density at radius 2 is 1.94 bits per heavy atom. The number of ketones is 1. The van der Waals surface area contributed by atoms with Crippen LogP contribution in [-0.4, -0.2) is 44.2 Å². The second-order valence-corrected chi connectivity index (χ2v) is 3.68. The summed E-state index contributed by atoms with van der Waals surface area (Å²) >= 11 is 0. The third-order valence-electron chi connectivity index (χ3n) is 2.23. The first kappa shape index (κ1) is 16.1. The van der Waals surface area contributed by atoms with Gasteiger partial charge in [0.25, 0.3) is 0 Å². The molecule has 0 aromatic carbocycles. The predicted molar refractivity (Wildman–Crippen MR) is 64.8 cm³/mol. The summed E-state index contributed by atoms with van der Waals surface area (Å²) in [7, 11) is 0. The SMILES string of the molecule is CCOCCCNC(CC(=O)OCC)C(C)=O. The highest BCUT2D eigenvalue weighted by Gasteiger charge is 2.18. The smallest absolute Gasteiger partial charge is 0.307 e. The van der Waals surface area contributed by atoms with Crippen molar-refractivity contribution in [3.63, 3.8) is 0 Å². The molecule has 0 amide bonds. The van der Waals surface area contributed by atoms with Crippen molar-refractivity contribution in [3.05, 3.63) is 0 Å². The predicted octanol–water partition coefficient (Wildman–Crippen LogP) is 0.913. The summed E-state index contributed by atoms with van der Waals surface area (Å²) in [6.45, 7) is 7.51. The van der Waals surface area contributed by atoms with E-state index >= 15 is 0 Å². The van der Waals surface area contributed by atoms with Gasteiger partial charge in [-0.1, -0.05) is 0 Å². The molecule has 1 N–H and O–H groups in total. The zero-order valence-corrected chi connectivity index (χ0v) is 11.0. The molecule has 0 spiro atoms. The molecule has 5 heteroatoms. The third-order valence-corrected chi connectivity index (χ3v) is 2.23. The van der Waals surface area contributed by atoms with E-state index < -0.39 is 6.04 Å². The van der Waals surface area contributed by atoms with E-state index in [9.17, 15) is 9.59 Å². The number of ether oxygens (including phenoxy) is 2. The van der Waals surface area contributed by atoms with Crippen LogP contribution in [0.2, 0.25) is 0 Å². The molecular weight excluding hydrogens is 222 g/mol. The van der Waals surface area contributed by atoms with Gasteiger partial charge in [0.15, 0.2) is 0 Å². The van der Waals surface area contributed by atoms with E-state index in [1.165, 1.54) is 6.92 Å². The molecule has 0 saturated carbocycles. The van der Waals surface area contributed by atoms with Crippen molar-refractivity contribution in [1.29, 1.82) is 0 Å². The fourth-order valence-electron chi connectivity index (χ4n) is 1.34. The Labute approximate surface area is 103 Å². The number of carbonyl (C=O) groups excluding carboxylic acids is 2. The van der Waals surface area contributed by atoms with Gasteiger partial charge >= 0.3 is 5.97 Å². The molecule has 0 saturated heterocycles. The van der Waals surface area contributed by atoms with E-state index in [4.69, 9.17) is 9.47 Å².